The van der Waals surface area contributed by atoms with Crippen LogP contribution in [0, 0.1) is 20.8 Å². The highest BCUT2D eigenvalue weighted by Crippen LogP contribution is 2.40. The topological polar surface area (TPSA) is 270 Å². The van der Waals surface area contributed by atoms with Gasteiger partial charge in [-0.1, -0.05) is 112 Å². The minimum atomic E-state index is -1.33. The summed E-state index contributed by atoms with van der Waals surface area (Å²) in [4.78, 5) is 149. The molecule has 0 saturated carbocycles. The Labute approximate surface area is 632 Å². The molecule has 24 nitrogen and oxygen atoms in total. The van der Waals surface area contributed by atoms with Gasteiger partial charge in [-0.3, -0.25) is 19.2 Å². The Morgan fingerprint density at radius 2 is 0.625 bits per heavy atom. The van der Waals surface area contributed by atoms with Crippen LogP contribution in [0.1, 0.15) is 201 Å². The maximum atomic E-state index is 15.1. The second-order valence-corrected chi connectivity index (χ2v) is 29.9. The molecule has 0 radical (unpaired) electrons. The fourth-order valence-electron chi connectivity index (χ4n) is 8.68. The number of ether oxygens (including phenoxy) is 6. The fourth-order valence-corrected chi connectivity index (χ4v) is 9.66. The molecule has 0 N–H and O–H groups in total. The van der Waals surface area contributed by atoms with Crippen molar-refractivity contribution in [3.05, 3.63) is 138 Å². The Bertz CT molecular complexity index is 3930. The molecule has 0 spiro atoms. The van der Waals surface area contributed by atoms with Crippen LogP contribution >= 0.6 is 58.0 Å². The van der Waals surface area contributed by atoms with Crippen molar-refractivity contribution in [2.45, 2.75) is 218 Å². The molecule has 0 aromatic heterocycles. The van der Waals surface area contributed by atoms with Crippen molar-refractivity contribution in [2.24, 2.45) is 10.2 Å². The smallest absolute Gasteiger partial charge is 0.435 e. The van der Waals surface area contributed by atoms with Crippen LogP contribution in [-0.2, 0) is 38.0 Å². The number of hydrogen-bond donors (Lipinski definition) is 0. The molecule has 0 aliphatic carbocycles. The van der Waals surface area contributed by atoms with Crippen molar-refractivity contribution in [3.63, 3.8) is 0 Å². The van der Waals surface area contributed by atoms with E-state index >= 15 is 9.59 Å². The van der Waals surface area contributed by atoms with Crippen LogP contribution in [0.2, 0.25) is 25.1 Å². The van der Waals surface area contributed by atoms with Crippen LogP contribution in [-0.4, -0.2) is 106 Å². The van der Waals surface area contributed by atoms with E-state index in [1.165, 1.54) is 55.5 Å². The average Bonchev–Trinajstić information content (AvgIpc) is 0.804. The van der Waals surface area contributed by atoms with Crippen LogP contribution in [0.3, 0.4) is 0 Å². The highest BCUT2D eigenvalue weighted by Gasteiger charge is 2.40. The summed E-state index contributed by atoms with van der Waals surface area (Å²) < 4.78 is 35.2. The zero-order chi connectivity index (χ0) is 78.7. The van der Waals surface area contributed by atoms with E-state index in [9.17, 15) is 38.4 Å². The summed E-state index contributed by atoms with van der Waals surface area (Å²) in [5, 5.41) is 9.15. The molecule has 5 rings (SSSR count). The standard InChI is InChI=1S/C75H91Cl5N8O16/c1-22-70(10,11)99-64(93)83(60(89)42-81-87(68(97)103-74(18,19)26-5)58-39-47(34-36-51(58)78)62(91)85(66(95)101-72(14,15)24-3)54-32-28-30-49(76)45(54)8)56-41-53(80)57(38-44(56)7)84(65(94)100-71(12,13)23-2)61(90)43-82-88(69(98)104-75(20,21)27-6)59-40-48(35-37-52(59)79)63(92)86(67(96)102-73(16,17)25-4)55-33-29-31-50(77)46(55)9/h28-43H,22-27H2,1-21H3. The Morgan fingerprint density at radius 1 is 0.337 bits per heavy atom. The lowest BCUT2D eigenvalue weighted by molar-refractivity contribution is -0.113. The normalized spacial score (nSPS) is 12.1. The molecular weight excluding hydrogens is 1450 g/mol. The van der Waals surface area contributed by atoms with E-state index in [4.69, 9.17) is 86.4 Å². The van der Waals surface area contributed by atoms with Gasteiger partial charge in [-0.25, -0.2) is 48.4 Å². The number of rotatable bonds is 24. The summed E-state index contributed by atoms with van der Waals surface area (Å²) in [6.45, 7) is 34.4. The van der Waals surface area contributed by atoms with E-state index in [0.29, 0.717) is 56.2 Å². The second kappa shape index (κ2) is 34.9. The monoisotopic (exact) mass is 1530 g/mol. The molecule has 5 aromatic carbocycles. The third kappa shape index (κ3) is 21.7. The van der Waals surface area contributed by atoms with Gasteiger partial charge in [0.1, 0.15) is 46.0 Å². The average molecular weight is 1540 g/mol. The lowest BCUT2D eigenvalue weighted by Crippen LogP contribution is -2.44. The highest BCUT2D eigenvalue weighted by atomic mass is 35.5. The summed E-state index contributed by atoms with van der Waals surface area (Å²) in [5.41, 5.74) is -8.11. The van der Waals surface area contributed by atoms with Gasteiger partial charge in [0, 0.05) is 21.2 Å². The quantitative estimate of drug-likeness (QED) is 0.0315. The Kier molecular flexibility index (Phi) is 28.8. The summed E-state index contributed by atoms with van der Waals surface area (Å²) in [6.07, 6.45) is -4.41. The molecule has 0 aliphatic heterocycles. The number of aryl methyl sites for hydroxylation is 1. The number of nitrogens with zero attached hydrogens (tertiary/aromatic N) is 8. The van der Waals surface area contributed by atoms with Gasteiger partial charge in [0.15, 0.2) is 0 Å². The van der Waals surface area contributed by atoms with Gasteiger partial charge in [-0.15, -0.1) is 0 Å². The molecule has 0 bridgehead atoms. The number of halogens is 5. The van der Waals surface area contributed by atoms with Crippen LogP contribution in [0.4, 0.5) is 62.9 Å². The number of amides is 10. The number of carbonyl (C=O) groups excluding carboxylic acids is 10. The first-order chi connectivity index (χ1) is 48.2. The zero-order valence-corrected chi connectivity index (χ0v) is 66.3. The maximum Gasteiger partial charge on any atom is 0.435 e. The lowest BCUT2D eigenvalue weighted by Gasteiger charge is -2.30. The number of hydrogen-bond acceptors (Lipinski definition) is 18. The molecule has 10 amide bonds. The largest absolute Gasteiger partial charge is 0.443 e. The first-order valence-corrected chi connectivity index (χ1v) is 35.4. The summed E-state index contributed by atoms with van der Waals surface area (Å²) in [7, 11) is 0. The highest BCUT2D eigenvalue weighted by molar-refractivity contribution is 6.43. The Hall–Kier alpha value is -8.81. The molecular formula is C75H91Cl5N8O16. The van der Waals surface area contributed by atoms with Crippen LogP contribution in [0.15, 0.2) is 95.1 Å². The van der Waals surface area contributed by atoms with Crippen LogP contribution in [0.25, 0.3) is 0 Å². The van der Waals surface area contributed by atoms with Crippen molar-refractivity contribution in [1.82, 2.24) is 0 Å². The zero-order valence-electron chi connectivity index (χ0n) is 62.5. The van der Waals surface area contributed by atoms with Gasteiger partial charge in [0.2, 0.25) is 0 Å². The first-order valence-electron chi connectivity index (χ1n) is 33.5. The van der Waals surface area contributed by atoms with Gasteiger partial charge in [0.05, 0.1) is 49.2 Å². The minimum absolute atomic E-state index is 0.0466. The van der Waals surface area contributed by atoms with Crippen molar-refractivity contribution in [1.29, 1.82) is 0 Å². The number of anilines is 6. The molecule has 0 aliphatic rings. The van der Waals surface area contributed by atoms with Gasteiger partial charge < -0.3 is 28.4 Å². The first kappa shape index (κ1) is 85.8. The van der Waals surface area contributed by atoms with Crippen molar-refractivity contribution in [2.75, 3.05) is 29.6 Å². The lowest BCUT2D eigenvalue weighted by atomic mass is 10.1. The van der Waals surface area contributed by atoms with E-state index in [1.54, 1.807) is 151 Å². The van der Waals surface area contributed by atoms with Gasteiger partial charge >= 0.3 is 36.6 Å². The van der Waals surface area contributed by atoms with Crippen LogP contribution < -0.4 is 29.6 Å². The molecule has 0 atom stereocenters. The number of imide groups is 4. The van der Waals surface area contributed by atoms with Gasteiger partial charge in [0.25, 0.3) is 23.6 Å². The van der Waals surface area contributed by atoms with Gasteiger partial charge in [-0.2, -0.15) is 20.2 Å². The van der Waals surface area contributed by atoms with Crippen molar-refractivity contribution in [3.8, 4) is 0 Å². The van der Waals surface area contributed by atoms with E-state index < -0.39 is 105 Å². The van der Waals surface area contributed by atoms with Gasteiger partial charge in [-0.05, 0) is 232 Å². The fraction of sp³-hybridized carbons (Fsp3) is 0.440. The van der Waals surface area contributed by atoms with Crippen molar-refractivity contribution >= 4 is 165 Å². The minimum Gasteiger partial charge on any atom is -0.443 e. The molecule has 0 fully saturated rings. The third-order valence-corrected chi connectivity index (χ3v) is 19.1. The molecule has 0 unspecified atom stereocenters. The van der Waals surface area contributed by atoms with E-state index in [1.807, 2.05) is 0 Å². The Balaban J connectivity index is 1.73. The third-order valence-electron chi connectivity index (χ3n) is 17.3. The number of benzene rings is 5. The van der Waals surface area contributed by atoms with Crippen molar-refractivity contribution < 1.29 is 76.4 Å². The SMILES string of the molecule is CCC(C)(C)OC(=O)N(N=CC(=O)N(C(=O)OC(C)(C)CC)c1cc(Cl)c(N(C(=O)C=NN(C(=O)OC(C)(C)CC)c2cc(C(=O)N(C(=O)OC(C)(C)CC)c3cccc(Cl)c3C)ccc2Cl)C(=O)OC(C)(C)CC)cc1C)c1cc(C(=O)N(C(=O)OC(C)(C)CC)c2cccc(Cl)c2C)ccc1Cl. The Morgan fingerprint density at radius 3 is 0.933 bits per heavy atom. The summed E-state index contributed by atoms with van der Waals surface area (Å²) in [5.74, 6) is -4.55. The van der Waals surface area contributed by atoms with E-state index in [0.717, 1.165) is 34.1 Å². The molecule has 5 aromatic rings. The number of hydrazone groups is 2. The predicted molar refractivity (Wildman–Crippen MR) is 407 cm³/mol. The van der Waals surface area contributed by atoms with E-state index in [2.05, 4.69) is 10.2 Å². The van der Waals surface area contributed by atoms with Crippen LogP contribution in [0.5, 0.6) is 0 Å². The molecule has 0 saturated heterocycles. The molecule has 29 heteroatoms. The second-order valence-electron chi connectivity index (χ2n) is 27.8. The maximum absolute atomic E-state index is 15.1. The number of carbonyl (C=O) groups is 10. The predicted octanol–water partition coefficient (Wildman–Crippen LogP) is 20.8. The molecule has 0 heterocycles. The molecule has 104 heavy (non-hydrogen) atoms. The molecule has 562 valence electrons. The van der Waals surface area contributed by atoms with E-state index in [-0.39, 0.29) is 90.9 Å². The summed E-state index contributed by atoms with van der Waals surface area (Å²) in [6, 6.07) is 18.7. The summed E-state index contributed by atoms with van der Waals surface area (Å²) >= 11 is 33.9.